The number of anilines is 1. The molecule has 0 radical (unpaired) electrons. The number of hydrogen-bond acceptors (Lipinski definition) is 7. The number of ether oxygens (including phenoxy) is 1. The van der Waals surface area contributed by atoms with E-state index in [9.17, 15) is 24.3 Å². The van der Waals surface area contributed by atoms with E-state index in [1.54, 1.807) is 54.4 Å². The third-order valence-electron chi connectivity index (χ3n) is 5.92. The molecule has 38 heavy (non-hydrogen) atoms. The molecule has 3 rings (SSSR count). The molecule has 1 unspecified atom stereocenters. The first-order chi connectivity index (χ1) is 18.2. The van der Waals surface area contributed by atoms with Crippen LogP contribution in [0.5, 0.6) is 0 Å². The van der Waals surface area contributed by atoms with Crippen LogP contribution < -0.4 is 5.32 Å². The Morgan fingerprint density at radius 2 is 1.92 bits per heavy atom. The number of aldehydes is 2. The van der Waals surface area contributed by atoms with Crippen LogP contribution in [0.25, 0.3) is 16.5 Å². The number of hydrogen-bond donors (Lipinski definition) is 3. The normalized spacial score (nSPS) is 12.7. The van der Waals surface area contributed by atoms with Crippen molar-refractivity contribution in [2.24, 2.45) is 0 Å². The number of benzene rings is 2. The molecule has 1 heterocycles. The summed E-state index contributed by atoms with van der Waals surface area (Å²) in [6.45, 7) is 1.14. The minimum Gasteiger partial charge on any atom is -0.495 e. The topological polar surface area (TPSA) is 129 Å². The molecule has 0 spiro atoms. The van der Waals surface area contributed by atoms with Gasteiger partial charge in [0, 0.05) is 52.6 Å². The van der Waals surface area contributed by atoms with Gasteiger partial charge in [-0.25, -0.2) is 0 Å². The molecule has 198 valence electrons. The molecular weight excluding hydrogens is 510 g/mol. The van der Waals surface area contributed by atoms with Crippen molar-refractivity contribution in [3.8, 4) is 0 Å². The lowest BCUT2D eigenvalue weighted by molar-refractivity contribution is -0.120. The predicted molar refractivity (Wildman–Crippen MR) is 146 cm³/mol. The number of rotatable bonds is 12. The van der Waals surface area contributed by atoms with E-state index in [0.717, 1.165) is 10.9 Å². The fourth-order valence-electron chi connectivity index (χ4n) is 4.09. The number of methoxy groups -OCH3 is 1. The van der Waals surface area contributed by atoms with Gasteiger partial charge in [0.05, 0.1) is 12.8 Å². The molecule has 0 aliphatic heterocycles. The Morgan fingerprint density at radius 1 is 1.16 bits per heavy atom. The molecule has 3 aromatic rings. The van der Waals surface area contributed by atoms with Gasteiger partial charge in [-0.1, -0.05) is 11.6 Å². The number of halogens is 1. The summed E-state index contributed by atoms with van der Waals surface area (Å²) in [6.07, 6.45) is 4.15. The van der Waals surface area contributed by atoms with Gasteiger partial charge >= 0.3 is 0 Å². The summed E-state index contributed by atoms with van der Waals surface area (Å²) >= 11 is 6.18. The second-order valence-electron chi connectivity index (χ2n) is 8.49. The smallest absolute Gasteiger partial charge is 0.247 e. The van der Waals surface area contributed by atoms with Crippen LogP contribution in [0.2, 0.25) is 5.02 Å². The number of carbonyl (C=O) groups excluding carboxylic acids is 4. The molecule has 1 atom stereocenters. The molecular formula is C28H28ClN3O6. The number of amides is 1. The fourth-order valence-corrected chi connectivity index (χ4v) is 4.26. The SMILES string of the molecule is COC(=C/N(C)C(CCO)C(=O)Nc1ccc2[nH]c(C=O)cc2c1)/C(=C\C=O)c1cc(Cl)ccc1C(C)=O. The van der Waals surface area contributed by atoms with Crippen molar-refractivity contribution in [3.63, 3.8) is 0 Å². The molecule has 1 amide bonds. The number of carbonyl (C=O) groups is 4. The third kappa shape index (κ3) is 6.56. The number of aromatic amines is 1. The molecule has 0 aliphatic carbocycles. The van der Waals surface area contributed by atoms with E-state index in [4.69, 9.17) is 16.3 Å². The molecule has 0 saturated heterocycles. The van der Waals surface area contributed by atoms with Crippen LogP contribution >= 0.6 is 11.6 Å². The van der Waals surface area contributed by atoms with Crippen LogP contribution in [0.3, 0.4) is 0 Å². The van der Waals surface area contributed by atoms with Gasteiger partial charge in [0.15, 0.2) is 12.1 Å². The Hall–Kier alpha value is -4.21. The average molecular weight is 538 g/mol. The first-order valence-corrected chi connectivity index (χ1v) is 12.0. The second kappa shape index (κ2) is 12.8. The molecule has 3 N–H and O–H groups in total. The zero-order valence-corrected chi connectivity index (χ0v) is 21.9. The van der Waals surface area contributed by atoms with E-state index in [-0.39, 0.29) is 24.6 Å². The quantitative estimate of drug-likeness (QED) is 0.104. The lowest BCUT2D eigenvalue weighted by atomic mass is 9.96. The number of allylic oxidation sites excluding steroid dienone is 2. The lowest BCUT2D eigenvalue weighted by Gasteiger charge is -2.27. The number of likely N-dealkylation sites (N-methyl/N-ethyl adjacent to an activating group) is 1. The van der Waals surface area contributed by atoms with Gasteiger partial charge < -0.3 is 25.0 Å². The lowest BCUT2D eigenvalue weighted by Crippen LogP contribution is -2.40. The maximum atomic E-state index is 13.2. The van der Waals surface area contributed by atoms with Crippen molar-refractivity contribution in [2.45, 2.75) is 19.4 Å². The monoisotopic (exact) mass is 537 g/mol. The first-order valence-electron chi connectivity index (χ1n) is 11.7. The van der Waals surface area contributed by atoms with Crippen molar-refractivity contribution < 1.29 is 29.0 Å². The Bertz CT molecular complexity index is 1430. The van der Waals surface area contributed by atoms with Crippen LogP contribution in [0.1, 0.15) is 39.8 Å². The highest BCUT2D eigenvalue weighted by molar-refractivity contribution is 6.31. The second-order valence-corrected chi connectivity index (χ2v) is 8.92. The van der Waals surface area contributed by atoms with Crippen molar-refractivity contribution in [3.05, 3.63) is 82.3 Å². The summed E-state index contributed by atoms with van der Waals surface area (Å²) in [5, 5.41) is 13.6. The zero-order valence-electron chi connectivity index (χ0n) is 21.2. The average Bonchev–Trinajstić information content (AvgIpc) is 3.31. The van der Waals surface area contributed by atoms with Crippen molar-refractivity contribution >= 4 is 58.0 Å². The van der Waals surface area contributed by atoms with Crippen LogP contribution in [0, 0.1) is 0 Å². The van der Waals surface area contributed by atoms with E-state index >= 15 is 0 Å². The van der Waals surface area contributed by atoms with E-state index in [0.29, 0.717) is 45.7 Å². The summed E-state index contributed by atoms with van der Waals surface area (Å²) in [7, 11) is 3.03. The molecule has 0 saturated carbocycles. The Labute approximate surface area is 224 Å². The van der Waals surface area contributed by atoms with Gasteiger partial charge in [-0.05, 0) is 67.4 Å². The molecule has 0 aliphatic rings. The fraction of sp³-hybridized carbons (Fsp3) is 0.214. The third-order valence-corrected chi connectivity index (χ3v) is 6.16. The number of nitrogens with one attached hydrogen (secondary N) is 2. The molecule has 10 heteroatoms. The minimum atomic E-state index is -0.818. The van der Waals surface area contributed by atoms with Crippen LogP contribution in [-0.4, -0.2) is 66.1 Å². The van der Waals surface area contributed by atoms with Gasteiger partial charge in [-0.3, -0.25) is 19.2 Å². The maximum Gasteiger partial charge on any atom is 0.247 e. The van der Waals surface area contributed by atoms with E-state index in [1.165, 1.54) is 26.3 Å². The maximum absolute atomic E-state index is 13.2. The Balaban J connectivity index is 1.94. The summed E-state index contributed by atoms with van der Waals surface area (Å²) in [6, 6.07) is 10.7. The predicted octanol–water partition coefficient (Wildman–Crippen LogP) is 4.23. The molecule has 0 bridgehead atoms. The number of nitrogens with zero attached hydrogens (tertiary/aromatic N) is 1. The van der Waals surface area contributed by atoms with Gasteiger partial charge in [-0.15, -0.1) is 0 Å². The molecule has 1 aromatic heterocycles. The standard InChI is InChI=1S/C28H28ClN3O6/c1-17(36)22-6-4-19(29)14-24(22)23(8-10-33)27(38-3)15-32(2)26(9-11-34)28(37)31-20-5-7-25-18(12-20)13-21(16-35)30-25/h4-8,10,12-16,26,30,34H,9,11H2,1-3H3,(H,31,37)/b23-8-,27-15+. The van der Waals surface area contributed by atoms with Gasteiger partial charge in [0.1, 0.15) is 18.1 Å². The van der Waals surface area contributed by atoms with Gasteiger partial charge in [0.25, 0.3) is 0 Å². The van der Waals surface area contributed by atoms with Gasteiger partial charge in [0.2, 0.25) is 5.91 Å². The van der Waals surface area contributed by atoms with Gasteiger partial charge in [-0.2, -0.15) is 0 Å². The van der Waals surface area contributed by atoms with Crippen molar-refractivity contribution in [2.75, 3.05) is 26.1 Å². The first kappa shape index (κ1) is 28.4. The highest BCUT2D eigenvalue weighted by Gasteiger charge is 2.24. The summed E-state index contributed by atoms with van der Waals surface area (Å²) in [5.74, 6) is -0.420. The zero-order chi connectivity index (χ0) is 27.8. The highest BCUT2D eigenvalue weighted by Crippen LogP contribution is 2.30. The number of Topliss-reactive ketones (excluding diaryl/α,β-unsaturated/α-hetero) is 1. The van der Waals surface area contributed by atoms with Crippen molar-refractivity contribution in [1.29, 1.82) is 0 Å². The van der Waals surface area contributed by atoms with Crippen LogP contribution in [0.15, 0.2) is 60.5 Å². The number of fused-ring (bicyclic) bond motifs is 1. The summed E-state index contributed by atoms with van der Waals surface area (Å²) in [5.41, 5.74) is 2.73. The van der Waals surface area contributed by atoms with E-state index in [2.05, 4.69) is 10.3 Å². The number of ketones is 1. The summed E-state index contributed by atoms with van der Waals surface area (Å²) < 4.78 is 5.56. The van der Waals surface area contributed by atoms with Crippen molar-refractivity contribution in [1.82, 2.24) is 9.88 Å². The number of aromatic nitrogens is 1. The van der Waals surface area contributed by atoms with E-state index < -0.39 is 11.9 Å². The Morgan fingerprint density at radius 3 is 2.55 bits per heavy atom. The number of aliphatic hydroxyl groups is 1. The molecule has 0 fully saturated rings. The molecule has 9 nitrogen and oxygen atoms in total. The van der Waals surface area contributed by atoms with Crippen LogP contribution in [0.4, 0.5) is 5.69 Å². The van der Waals surface area contributed by atoms with Crippen LogP contribution in [-0.2, 0) is 14.3 Å². The molecule has 2 aromatic carbocycles. The largest absolute Gasteiger partial charge is 0.495 e. The highest BCUT2D eigenvalue weighted by atomic mass is 35.5. The number of H-pyrrole nitrogens is 1. The number of aliphatic hydroxyl groups excluding tert-OH is 1. The Kier molecular flexibility index (Phi) is 9.59. The minimum absolute atomic E-state index is 0.0973. The summed E-state index contributed by atoms with van der Waals surface area (Å²) in [4.78, 5) is 52.6. The van der Waals surface area contributed by atoms with E-state index in [1.807, 2.05) is 0 Å².